The molecule has 108 valence electrons. The summed E-state index contributed by atoms with van der Waals surface area (Å²) in [5.41, 5.74) is 0.179. The quantitative estimate of drug-likeness (QED) is 0.750. The van der Waals surface area contributed by atoms with E-state index in [9.17, 15) is 4.39 Å². The van der Waals surface area contributed by atoms with Crippen LogP contribution < -0.4 is 10.1 Å². The number of halogens is 2. The van der Waals surface area contributed by atoms with Gasteiger partial charge in [0.1, 0.15) is 11.6 Å². The second-order valence-corrected chi connectivity index (χ2v) is 6.07. The van der Waals surface area contributed by atoms with Gasteiger partial charge in [-0.25, -0.2) is 4.39 Å². The van der Waals surface area contributed by atoms with Gasteiger partial charge in [0.05, 0.1) is 11.6 Å². The lowest BCUT2D eigenvalue weighted by molar-refractivity contribution is 0.303. The van der Waals surface area contributed by atoms with E-state index in [0.717, 1.165) is 25.8 Å². The highest BCUT2D eigenvalue weighted by Crippen LogP contribution is 2.24. The number of hydrogen-bond acceptors (Lipinski definition) is 2. The Hall–Kier alpha value is -0.800. The highest BCUT2D eigenvalue weighted by molar-refractivity contribution is 6.32. The molecule has 0 aromatic heterocycles. The lowest BCUT2D eigenvalue weighted by atomic mass is 10.1. The molecular formula is C15H23ClFNO. The normalized spacial score (nSPS) is 11.6. The van der Waals surface area contributed by atoms with Gasteiger partial charge in [-0.2, -0.15) is 0 Å². The molecule has 2 nitrogen and oxygen atoms in total. The van der Waals surface area contributed by atoms with Gasteiger partial charge in [0.15, 0.2) is 0 Å². The van der Waals surface area contributed by atoms with E-state index in [-0.39, 0.29) is 11.4 Å². The van der Waals surface area contributed by atoms with Crippen LogP contribution >= 0.6 is 11.6 Å². The fraction of sp³-hybridized carbons (Fsp3) is 0.600. The maximum Gasteiger partial charge on any atom is 0.138 e. The van der Waals surface area contributed by atoms with Crippen LogP contribution in [-0.2, 0) is 0 Å². The molecule has 0 saturated carbocycles. The lowest BCUT2D eigenvalue weighted by Crippen LogP contribution is -2.36. The third kappa shape index (κ3) is 7.38. The largest absolute Gasteiger partial charge is 0.492 e. The summed E-state index contributed by atoms with van der Waals surface area (Å²) >= 11 is 5.87. The Bertz CT molecular complexity index is 390. The first kappa shape index (κ1) is 16.3. The van der Waals surface area contributed by atoms with Gasteiger partial charge in [-0.3, -0.25) is 0 Å². The topological polar surface area (TPSA) is 21.3 Å². The minimum Gasteiger partial charge on any atom is -0.492 e. The molecule has 0 fully saturated rings. The maximum atomic E-state index is 12.8. The number of nitrogens with one attached hydrogen (secondary N) is 1. The molecule has 1 rings (SSSR count). The molecule has 0 heterocycles. The van der Waals surface area contributed by atoms with Gasteiger partial charge in [0.25, 0.3) is 0 Å². The van der Waals surface area contributed by atoms with Gasteiger partial charge in [-0.1, -0.05) is 11.6 Å². The molecule has 1 N–H and O–H groups in total. The number of unbranched alkanes of at least 4 members (excludes halogenated alkanes) is 2. The summed E-state index contributed by atoms with van der Waals surface area (Å²) in [5.74, 6) is 0.210. The van der Waals surface area contributed by atoms with Crippen LogP contribution in [0, 0.1) is 5.82 Å². The van der Waals surface area contributed by atoms with Gasteiger partial charge >= 0.3 is 0 Å². The predicted molar refractivity (Wildman–Crippen MR) is 78.5 cm³/mol. The minimum atomic E-state index is -0.342. The zero-order valence-electron chi connectivity index (χ0n) is 11.9. The van der Waals surface area contributed by atoms with Crippen molar-refractivity contribution in [2.24, 2.45) is 0 Å². The fourth-order valence-corrected chi connectivity index (χ4v) is 1.86. The molecule has 0 aliphatic carbocycles. The molecule has 0 aliphatic rings. The Balaban J connectivity index is 2.11. The van der Waals surface area contributed by atoms with E-state index in [4.69, 9.17) is 16.3 Å². The van der Waals surface area contributed by atoms with E-state index in [1.165, 1.54) is 12.1 Å². The van der Waals surface area contributed by atoms with Crippen molar-refractivity contribution in [3.63, 3.8) is 0 Å². The van der Waals surface area contributed by atoms with Gasteiger partial charge in [-0.15, -0.1) is 0 Å². The Kier molecular flexibility index (Phi) is 6.59. The monoisotopic (exact) mass is 287 g/mol. The SMILES string of the molecule is CC(C)(C)NCCCCCOc1ccc(F)cc1Cl. The Morgan fingerprint density at radius 1 is 1.21 bits per heavy atom. The molecule has 0 atom stereocenters. The molecule has 0 amide bonds. The molecule has 0 spiro atoms. The first-order chi connectivity index (χ1) is 8.88. The van der Waals surface area contributed by atoms with Crippen molar-refractivity contribution >= 4 is 11.6 Å². The van der Waals surface area contributed by atoms with Crippen LogP contribution in [0.5, 0.6) is 5.75 Å². The molecule has 1 aromatic rings. The van der Waals surface area contributed by atoms with Crippen molar-refractivity contribution in [2.45, 2.75) is 45.6 Å². The van der Waals surface area contributed by atoms with Crippen molar-refractivity contribution in [2.75, 3.05) is 13.2 Å². The summed E-state index contributed by atoms with van der Waals surface area (Å²) < 4.78 is 18.3. The van der Waals surface area contributed by atoms with E-state index in [1.807, 2.05) is 0 Å². The van der Waals surface area contributed by atoms with Crippen LogP contribution in [0.1, 0.15) is 40.0 Å². The van der Waals surface area contributed by atoms with E-state index >= 15 is 0 Å². The van der Waals surface area contributed by atoms with E-state index in [0.29, 0.717) is 17.4 Å². The first-order valence-corrected chi connectivity index (χ1v) is 7.09. The minimum absolute atomic E-state index is 0.179. The molecule has 0 bridgehead atoms. The summed E-state index contributed by atoms with van der Waals surface area (Å²) in [6, 6.07) is 4.19. The Labute approximate surface area is 120 Å². The van der Waals surface area contributed by atoms with Crippen molar-refractivity contribution < 1.29 is 9.13 Å². The van der Waals surface area contributed by atoms with Crippen LogP contribution in [0.4, 0.5) is 4.39 Å². The third-order valence-corrected chi connectivity index (χ3v) is 2.92. The van der Waals surface area contributed by atoms with Gasteiger partial charge in [0.2, 0.25) is 0 Å². The van der Waals surface area contributed by atoms with Crippen molar-refractivity contribution in [1.29, 1.82) is 0 Å². The molecule has 4 heteroatoms. The molecular weight excluding hydrogens is 265 g/mol. The van der Waals surface area contributed by atoms with Crippen molar-refractivity contribution in [3.8, 4) is 5.75 Å². The van der Waals surface area contributed by atoms with Crippen LogP contribution in [0.3, 0.4) is 0 Å². The summed E-state index contributed by atoms with van der Waals surface area (Å²) in [6.45, 7) is 8.10. The van der Waals surface area contributed by atoms with E-state index in [2.05, 4.69) is 26.1 Å². The van der Waals surface area contributed by atoms with E-state index < -0.39 is 0 Å². The van der Waals surface area contributed by atoms with Crippen molar-refractivity contribution in [3.05, 3.63) is 29.0 Å². The summed E-state index contributed by atoms with van der Waals surface area (Å²) in [6.07, 6.45) is 3.19. The first-order valence-electron chi connectivity index (χ1n) is 6.71. The summed E-state index contributed by atoms with van der Waals surface area (Å²) in [7, 11) is 0. The number of rotatable bonds is 7. The number of benzene rings is 1. The average Bonchev–Trinajstić information content (AvgIpc) is 2.29. The lowest BCUT2D eigenvalue weighted by Gasteiger charge is -2.20. The van der Waals surface area contributed by atoms with Crippen molar-refractivity contribution in [1.82, 2.24) is 5.32 Å². The highest BCUT2D eigenvalue weighted by atomic mass is 35.5. The van der Waals surface area contributed by atoms with Gasteiger partial charge < -0.3 is 10.1 Å². The third-order valence-electron chi connectivity index (χ3n) is 2.63. The number of ether oxygens (including phenoxy) is 1. The molecule has 1 aromatic carbocycles. The molecule has 0 radical (unpaired) electrons. The summed E-state index contributed by atoms with van der Waals surface area (Å²) in [5, 5.41) is 3.77. The maximum absolute atomic E-state index is 12.8. The zero-order chi connectivity index (χ0) is 14.3. The smallest absolute Gasteiger partial charge is 0.138 e. The predicted octanol–water partition coefficient (Wildman–Crippen LogP) is 4.42. The molecule has 0 aliphatic heterocycles. The molecule has 0 unspecified atom stereocenters. The summed E-state index contributed by atoms with van der Waals surface area (Å²) in [4.78, 5) is 0. The van der Waals surface area contributed by atoms with E-state index in [1.54, 1.807) is 6.07 Å². The Morgan fingerprint density at radius 3 is 2.58 bits per heavy atom. The van der Waals surface area contributed by atoms with Crippen LogP contribution in [-0.4, -0.2) is 18.7 Å². The van der Waals surface area contributed by atoms with Gasteiger partial charge in [0, 0.05) is 5.54 Å². The van der Waals surface area contributed by atoms with Crippen LogP contribution in [0.15, 0.2) is 18.2 Å². The second-order valence-electron chi connectivity index (χ2n) is 5.66. The Morgan fingerprint density at radius 2 is 1.95 bits per heavy atom. The fourth-order valence-electron chi connectivity index (χ4n) is 1.64. The standard InChI is InChI=1S/C15H23ClFNO/c1-15(2,3)18-9-5-4-6-10-19-14-8-7-12(17)11-13(14)16/h7-8,11,18H,4-6,9-10H2,1-3H3. The van der Waals surface area contributed by atoms with Crippen LogP contribution in [0.2, 0.25) is 5.02 Å². The average molecular weight is 288 g/mol. The molecule has 0 saturated heterocycles. The zero-order valence-corrected chi connectivity index (χ0v) is 12.7. The number of hydrogen-bond donors (Lipinski definition) is 1. The highest BCUT2D eigenvalue weighted by Gasteiger charge is 2.07. The van der Waals surface area contributed by atoms with Crippen LogP contribution in [0.25, 0.3) is 0 Å². The van der Waals surface area contributed by atoms with Gasteiger partial charge in [-0.05, 0) is 64.8 Å². The molecule has 19 heavy (non-hydrogen) atoms. The second kappa shape index (κ2) is 7.71.